The molecule has 2 aromatic rings. The first-order valence-electron chi connectivity index (χ1n) is 4.69. The number of nitrogens with two attached hydrogens (primary N) is 1. The van der Waals surface area contributed by atoms with Gasteiger partial charge in [0.25, 0.3) is 0 Å². The highest BCUT2D eigenvalue weighted by atomic mass is 19.1. The van der Waals surface area contributed by atoms with Crippen LogP contribution in [0.5, 0.6) is 0 Å². The van der Waals surface area contributed by atoms with Gasteiger partial charge in [-0.25, -0.2) is 18.2 Å². The second kappa shape index (κ2) is 4.32. The second-order valence-electron chi connectivity index (χ2n) is 3.34. The van der Waals surface area contributed by atoms with Gasteiger partial charge in [-0.05, 0) is 12.1 Å². The van der Waals surface area contributed by atoms with Crippen molar-refractivity contribution in [2.45, 2.75) is 0 Å². The Hall–Kier alpha value is -2.24. The molecule has 6 heteroatoms. The molecular weight excluding hydrogens is 231 g/mol. The molecule has 0 bridgehead atoms. The third-order valence-electron chi connectivity index (χ3n) is 2.06. The molecule has 0 aliphatic heterocycles. The Labute approximate surface area is 95.1 Å². The van der Waals surface area contributed by atoms with E-state index in [9.17, 15) is 13.2 Å². The van der Waals surface area contributed by atoms with Crippen LogP contribution in [-0.4, -0.2) is 4.98 Å². The van der Waals surface area contributed by atoms with E-state index in [0.29, 0.717) is 17.8 Å². The molecule has 0 amide bonds. The molecule has 0 unspecified atom stereocenters. The summed E-state index contributed by atoms with van der Waals surface area (Å²) in [5.41, 5.74) is 5.28. The van der Waals surface area contributed by atoms with Gasteiger partial charge in [0.15, 0.2) is 11.6 Å². The molecule has 0 radical (unpaired) electrons. The van der Waals surface area contributed by atoms with Crippen molar-refractivity contribution in [1.82, 2.24) is 4.98 Å². The number of benzene rings is 1. The van der Waals surface area contributed by atoms with E-state index in [4.69, 9.17) is 5.73 Å². The van der Waals surface area contributed by atoms with E-state index in [1.165, 1.54) is 18.3 Å². The lowest BCUT2D eigenvalue weighted by Gasteiger charge is -2.08. The average molecular weight is 239 g/mol. The van der Waals surface area contributed by atoms with Gasteiger partial charge in [-0.15, -0.1) is 0 Å². The molecule has 1 heterocycles. The SMILES string of the molecule is Nc1ccc(Nc2c(F)cc(F)cc2F)cn1. The quantitative estimate of drug-likeness (QED) is 0.847. The minimum atomic E-state index is -1.01. The van der Waals surface area contributed by atoms with E-state index in [-0.39, 0.29) is 5.82 Å². The van der Waals surface area contributed by atoms with E-state index in [1.54, 1.807) is 0 Å². The Morgan fingerprint density at radius 2 is 1.71 bits per heavy atom. The van der Waals surface area contributed by atoms with Crippen molar-refractivity contribution >= 4 is 17.2 Å². The minimum Gasteiger partial charge on any atom is -0.384 e. The van der Waals surface area contributed by atoms with Crippen molar-refractivity contribution in [3.63, 3.8) is 0 Å². The number of nitrogens with zero attached hydrogens (tertiary/aromatic N) is 1. The standard InChI is InChI=1S/C11H8F3N3/c12-6-3-8(13)11(9(14)4-6)17-7-1-2-10(15)16-5-7/h1-5,17H,(H2,15,16). The Kier molecular flexibility index (Phi) is 2.86. The molecule has 0 saturated carbocycles. The molecule has 3 nitrogen and oxygen atoms in total. The van der Waals surface area contributed by atoms with Crippen LogP contribution in [0.2, 0.25) is 0 Å². The number of rotatable bonds is 2. The monoisotopic (exact) mass is 239 g/mol. The topological polar surface area (TPSA) is 50.9 Å². The van der Waals surface area contributed by atoms with Gasteiger partial charge in [0, 0.05) is 12.1 Å². The first kappa shape index (κ1) is 11.3. The van der Waals surface area contributed by atoms with E-state index < -0.39 is 23.1 Å². The second-order valence-corrected chi connectivity index (χ2v) is 3.34. The van der Waals surface area contributed by atoms with Crippen LogP contribution in [0.4, 0.5) is 30.4 Å². The van der Waals surface area contributed by atoms with E-state index in [2.05, 4.69) is 10.3 Å². The molecule has 17 heavy (non-hydrogen) atoms. The zero-order valence-electron chi connectivity index (χ0n) is 8.55. The van der Waals surface area contributed by atoms with Crippen molar-refractivity contribution in [3.05, 3.63) is 47.9 Å². The number of hydrogen-bond donors (Lipinski definition) is 2. The van der Waals surface area contributed by atoms with E-state index in [1.807, 2.05) is 0 Å². The highest BCUT2D eigenvalue weighted by Crippen LogP contribution is 2.24. The molecule has 0 saturated heterocycles. The molecular formula is C11H8F3N3. The molecule has 0 atom stereocenters. The smallest absolute Gasteiger partial charge is 0.152 e. The first-order chi connectivity index (χ1) is 8.06. The summed E-state index contributed by atoms with van der Waals surface area (Å²) in [4.78, 5) is 3.75. The van der Waals surface area contributed by atoms with Crippen molar-refractivity contribution in [2.24, 2.45) is 0 Å². The molecule has 1 aromatic carbocycles. The summed E-state index contributed by atoms with van der Waals surface area (Å²) in [6, 6.07) is 4.17. The van der Waals surface area contributed by atoms with E-state index in [0.717, 1.165) is 0 Å². The fourth-order valence-corrected chi connectivity index (χ4v) is 1.29. The number of nitrogens with one attached hydrogen (secondary N) is 1. The maximum absolute atomic E-state index is 13.3. The highest BCUT2D eigenvalue weighted by molar-refractivity contribution is 5.60. The van der Waals surface area contributed by atoms with Gasteiger partial charge in [0.1, 0.15) is 17.3 Å². The summed E-state index contributed by atoms with van der Waals surface area (Å²) in [5.74, 6) is -2.71. The molecule has 0 aliphatic carbocycles. The third kappa shape index (κ3) is 2.47. The Morgan fingerprint density at radius 1 is 1.06 bits per heavy atom. The van der Waals surface area contributed by atoms with Crippen LogP contribution in [0.25, 0.3) is 0 Å². The number of pyridine rings is 1. The van der Waals surface area contributed by atoms with Gasteiger partial charge in [-0.3, -0.25) is 0 Å². The lowest BCUT2D eigenvalue weighted by atomic mass is 10.2. The summed E-state index contributed by atoms with van der Waals surface area (Å²) in [5, 5.41) is 2.46. The van der Waals surface area contributed by atoms with Crippen molar-refractivity contribution in [1.29, 1.82) is 0 Å². The van der Waals surface area contributed by atoms with Crippen molar-refractivity contribution < 1.29 is 13.2 Å². The summed E-state index contributed by atoms with van der Waals surface area (Å²) in [6.45, 7) is 0. The lowest BCUT2D eigenvalue weighted by Crippen LogP contribution is -1.99. The minimum absolute atomic E-state index is 0.288. The van der Waals surface area contributed by atoms with Crippen LogP contribution >= 0.6 is 0 Å². The molecule has 88 valence electrons. The molecule has 0 fully saturated rings. The average Bonchev–Trinajstić information content (AvgIpc) is 2.26. The van der Waals surface area contributed by atoms with E-state index >= 15 is 0 Å². The molecule has 2 rings (SSSR count). The van der Waals surface area contributed by atoms with Crippen LogP contribution in [0.1, 0.15) is 0 Å². The number of anilines is 3. The van der Waals surface area contributed by atoms with Gasteiger partial charge in [-0.2, -0.15) is 0 Å². The maximum atomic E-state index is 13.3. The maximum Gasteiger partial charge on any atom is 0.152 e. The lowest BCUT2D eigenvalue weighted by molar-refractivity contribution is 0.549. The number of nitrogen functional groups attached to an aromatic ring is 1. The molecule has 3 N–H and O–H groups in total. The van der Waals surface area contributed by atoms with Crippen LogP contribution in [-0.2, 0) is 0 Å². The third-order valence-corrected chi connectivity index (χ3v) is 2.06. The summed E-state index contributed by atoms with van der Waals surface area (Å²) in [6.07, 6.45) is 1.32. The van der Waals surface area contributed by atoms with Crippen LogP contribution in [0.15, 0.2) is 30.5 Å². The van der Waals surface area contributed by atoms with Crippen molar-refractivity contribution in [2.75, 3.05) is 11.1 Å². The fourth-order valence-electron chi connectivity index (χ4n) is 1.29. The summed E-state index contributed by atoms with van der Waals surface area (Å²) < 4.78 is 39.2. The Bertz CT molecular complexity index is 517. The summed E-state index contributed by atoms with van der Waals surface area (Å²) in [7, 11) is 0. The van der Waals surface area contributed by atoms with Gasteiger partial charge in [0.2, 0.25) is 0 Å². The fraction of sp³-hybridized carbons (Fsp3) is 0. The van der Waals surface area contributed by atoms with Gasteiger partial charge < -0.3 is 11.1 Å². The van der Waals surface area contributed by atoms with Crippen LogP contribution in [0.3, 0.4) is 0 Å². The Morgan fingerprint density at radius 3 is 2.24 bits per heavy atom. The molecule has 0 spiro atoms. The number of halogens is 3. The van der Waals surface area contributed by atoms with Crippen LogP contribution < -0.4 is 11.1 Å². The van der Waals surface area contributed by atoms with Crippen LogP contribution in [0, 0.1) is 17.5 Å². The normalized spacial score (nSPS) is 10.3. The zero-order valence-corrected chi connectivity index (χ0v) is 8.55. The van der Waals surface area contributed by atoms with Gasteiger partial charge in [0.05, 0.1) is 11.9 Å². The van der Waals surface area contributed by atoms with Crippen molar-refractivity contribution in [3.8, 4) is 0 Å². The van der Waals surface area contributed by atoms with Gasteiger partial charge >= 0.3 is 0 Å². The number of hydrogen-bond acceptors (Lipinski definition) is 3. The van der Waals surface area contributed by atoms with Gasteiger partial charge in [-0.1, -0.05) is 0 Å². The summed E-state index contributed by atoms with van der Waals surface area (Å²) >= 11 is 0. The highest BCUT2D eigenvalue weighted by Gasteiger charge is 2.11. The first-order valence-corrected chi connectivity index (χ1v) is 4.69. The predicted molar refractivity (Wildman–Crippen MR) is 58.2 cm³/mol. The number of aromatic nitrogens is 1. The Balaban J connectivity index is 2.33. The zero-order chi connectivity index (χ0) is 12.4. The predicted octanol–water partition coefficient (Wildman–Crippen LogP) is 2.82. The molecule has 0 aliphatic rings. The molecule has 1 aromatic heterocycles. The largest absolute Gasteiger partial charge is 0.384 e.